The molecule has 1 amide bonds. The molecular formula is C35H51N5OS. The van der Waals surface area contributed by atoms with Crippen LogP contribution in [0, 0.1) is 6.92 Å². The summed E-state index contributed by atoms with van der Waals surface area (Å²) in [7, 11) is 0. The molecule has 0 saturated carbocycles. The minimum Gasteiger partial charge on any atom is -0.372 e. The van der Waals surface area contributed by atoms with Crippen LogP contribution >= 0.6 is 12.6 Å². The monoisotopic (exact) mass is 589 g/mol. The highest BCUT2D eigenvalue weighted by Gasteiger charge is 2.20. The SMILES string of the molecule is CCCCCCCN(Cc1ccccc1)c1nc(C)nc(S)c1NC(=O)CCCN(CCCCCC)c1ccccc1. The van der Waals surface area contributed by atoms with Crippen LogP contribution in [-0.2, 0) is 11.3 Å². The van der Waals surface area contributed by atoms with Crippen molar-refractivity contribution in [3.05, 3.63) is 72.1 Å². The molecular weight excluding hydrogens is 538 g/mol. The Balaban J connectivity index is 1.70. The summed E-state index contributed by atoms with van der Waals surface area (Å²) in [5, 5.41) is 3.67. The normalized spacial score (nSPS) is 11.0. The summed E-state index contributed by atoms with van der Waals surface area (Å²) >= 11 is 4.70. The van der Waals surface area contributed by atoms with Gasteiger partial charge in [0.1, 0.15) is 16.5 Å². The standard InChI is InChI=1S/C35H51N5OS/c1-4-6-8-10-18-26-40(28-30-20-13-11-14-21-30)34-33(35(42)37-29(3)36-34)38-32(41)24-19-27-39(25-17-9-7-5-2)31-22-15-12-16-23-31/h11-16,20-23H,4-10,17-19,24-28H2,1-3H3,(H,38,41)(H,36,37,42). The third-order valence-electron chi connectivity index (χ3n) is 7.53. The number of thiol groups is 1. The number of hydrogen-bond acceptors (Lipinski definition) is 6. The van der Waals surface area contributed by atoms with Gasteiger partial charge in [0.15, 0.2) is 5.82 Å². The Kier molecular flexibility index (Phi) is 15.3. The van der Waals surface area contributed by atoms with Crippen molar-refractivity contribution in [2.75, 3.05) is 34.8 Å². The van der Waals surface area contributed by atoms with Crippen LogP contribution in [0.25, 0.3) is 0 Å². The zero-order valence-electron chi connectivity index (χ0n) is 26.0. The second kappa shape index (κ2) is 19.2. The Morgan fingerprint density at radius 1 is 0.738 bits per heavy atom. The van der Waals surface area contributed by atoms with Crippen molar-refractivity contribution in [2.45, 2.75) is 103 Å². The van der Waals surface area contributed by atoms with Gasteiger partial charge >= 0.3 is 0 Å². The molecule has 7 heteroatoms. The van der Waals surface area contributed by atoms with Gasteiger partial charge in [-0.15, -0.1) is 12.6 Å². The molecule has 228 valence electrons. The van der Waals surface area contributed by atoms with Crippen LogP contribution in [0.2, 0.25) is 0 Å². The summed E-state index contributed by atoms with van der Waals surface area (Å²) in [6.45, 7) is 9.78. The number of anilines is 3. The highest BCUT2D eigenvalue weighted by molar-refractivity contribution is 7.80. The summed E-state index contributed by atoms with van der Waals surface area (Å²) in [5.74, 6) is 1.38. The molecule has 1 aromatic heterocycles. The topological polar surface area (TPSA) is 61.4 Å². The maximum Gasteiger partial charge on any atom is 0.224 e. The number of aryl methyl sites for hydroxylation is 1. The molecule has 0 aliphatic heterocycles. The second-order valence-electron chi connectivity index (χ2n) is 11.1. The molecule has 0 radical (unpaired) electrons. The first-order chi connectivity index (χ1) is 20.5. The van der Waals surface area contributed by atoms with E-state index in [1.54, 1.807) is 0 Å². The average Bonchev–Trinajstić information content (AvgIpc) is 3.00. The third kappa shape index (κ3) is 11.7. The molecule has 0 unspecified atom stereocenters. The van der Waals surface area contributed by atoms with E-state index in [-0.39, 0.29) is 5.91 Å². The molecule has 0 saturated heterocycles. The summed E-state index contributed by atoms with van der Waals surface area (Å²) in [6.07, 6.45) is 12.0. The van der Waals surface area contributed by atoms with E-state index < -0.39 is 0 Å². The largest absolute Gasteiger partial charge is 0.372 e. The lowest BCUT2D eigenvalue weighted by atomic mass is 10.1. The van der Waals surface area contributed by atoms with Gasteiger partial charge in [0.05, 0.1) is 0 Å². The first-order valence-corrected chi connectivity index (χ1v) is 16.4. The molecule has 42 heavy (non-hydrogen) atoms. The number of carbonyl (C=O) groups is 1. The molecule has 0 atom stereocenters. The van der Waals surface area contributed by atoms with Gasteiger partial charge in [-0.05, 0) is 43.9 Å². The maximum absolute atomic E-state index is 13.3. The number of nitrogens with zero attached hydrogens (tertiary/aromatic N) is 4. The molecule has 2 aromatic carbocycles. The lowest BCUT2D eigenvalue weighted by Crippen LogP contribution is -2.28. The van der Waals surface area contributed by atoms with Crippen molar-refractivity contribution >= 4 is 35.7 Å². The van der Waals surface area contributed by atoms with Crippen molar-refractivity contribution in [3.8, 4) is 0 Å². The number of unbranched alkanes of at least 4 members (excludes halogenated alkanes) is 7. The number of benzene rings is 2. The number of aromatic nitrogens is 2. The number of nitrogens with one attached hydrogen (secondary N) is 1. The fourth-order valence-corrected chi connectivity index (χ4v) is 5.53. The quantitative estimate of drug-likeness (QED) is 0.0783. The van der Waals surface area contributed by atoms with E-state index in [4.69, 9.17) is 17.6 Å². The molecule has 6 nitrogen and oxygen atoms in total. The Labute approximate surface area is 259 Å². The highest BCUT2D eigenvalue weighted by Crippen LogP contribution is 2.31. The van der Waals surface area contributed by atoms with Gasteiger partial charge < -0.3 is 15.1 Å². The van der Waals surface area contributed by atoms with Crippen LogP contribution < -0.4 is 15.1 Å². The summed E-state index contributed by atoms with van der Waals surface area (Å²) in [6, 6.07) is 21.0. The van der Waals surface area contributed by atoms with E-state index in [1.807, 2.05) is 13.0 Å². The van der Waals surface area contributed by atoms with E-state index in [2.05, 4.69) is 88.5 Å². The molecule has 0 aliphatic carbocycles. The molecule has 1 heterocycles. The molecule has 0 spiro atoms. The Hall–Kier alpha value is -3.06. The Morgan fingerprint density at radius 3 is 1.98 bits per heavy atom. The van der Waals surface area contributed by atoms with Gasteiger partial charge in [-0.25, -0.2) is 9.97 Å². The van der Waals surface area contributed by atoms with E-state index in [1.165, 1.54) is 56.2 Å². The minimum absolute atomic E-state index is 0.0272. The van der Waals surface area contributed by atoms with Crippen LogP contribution in [0.3, 0.4) is 0 Å². The van der Waals surface area contributed by atoms with Crippen molar-refractivity contribution in [2.24, 2.45) is 0 Å². The van der Waals surface area contributed by atoms with Gasteiger partial charge in [0.25, 0.3) is 0 Å². The van der Waals surface area contributed by atoms with E-state index in [0.29, 0.717) is 29.5 Å². The molecule has 0 fully saturated rings. The van der Waals surface area contributed by atoms with Gasteiger partial charge in [-0.3, -0.25) is 4.79 Å². The van der Waals surface area contributed by atoms with Gasteiger partial charge in [-0.1, -0.05) is 107 Å². The second-order valence-corrected chi connectivity index (χ2v) is 11.6. The predicted molar refractivity (Wildman–Crippen MR) is 181 cm³/mol. The number of carbonyl (C=O) groups excluding carboxylic acids is 1. The molecule has 1 N–H and O–H groups in total. The highest BCUT2D eigenvalue weighted by atomic mass is 32.1. The third-order valence-corrected chi connectivity index (χ3v) is 7.85. The van der Waals surface area contributed by atoms with E-state index in [0.717, 1.165) is 44.7 Å². The fourth-order valence-electron chi connectivity index (χ4n) is 5.22. The van der Waals surface area contributed by atoms with Crippen molar-refractivity contribution in [1.29, 1.82) is 0 Å². The number of para-hydroxylation sites is 1. The Morgan fingerprint density at radius 2 is 1.31 bits per heavy atom. The molecule has 3 aromatic rings. The van der Waals surface area contributed by atoms with Gasteiger partial charge in [0, 0.05) is 38.3 Å². The van der Waals surface area contributed by atoms with Crippen LogP contribution in [0.5, 0.6) is 0 Å². The minimum atomic E-state index is -0.0272. The Bertz CT molecular complexity index is 1170. The van der Waals surface area contributed by atoms with Crippen LogP contribution in [0.15, 0.2) is 65.7 Å². The lowest BCUT2D eigenvalue weighted by molar-refractivity contribution is -0.116. The van der Waals surface area contributed by atoms with Gasteiger partial charge in [-0.2, -0.15) is 0 Å². The predicted octanol–water partition coefficient (Wildman–Crippen LogP) is 8.86. The van der Waals surface area contributed by atoms with Crippen LogP contribution in [-0.4, -0.2) is 35.5 Å². The summed E-state index contributed by atoms with van der Waals surface area (Å²) in [4.78, 5) is 27.3. The lowest BCUT2D eigenvalue weighted by Gasteiger charge is -2.27. The molecule has 3 rings (SSSR count). The zero-order chi connectivity index (χ0) is 30.0. The maximum atomic E-state index is 13.3. The van der Waals surface area contributed by atoms with Crippen molar-refractivity contribution in [1.82, 2.24) is 9.97 Å². The zero-order valence-corrected chi connectivity index (χ0v) is 26.9. The first kappa shape index (κ1) is 33.4. The van der Waals surface area contributed by atoms with Crippen LogP contribution in [0.1, 0.15) is 95.9 Å². The van der Waals surface area contributed by atoms with Crippen molar-refractivity contribution in [3.63, 3.8) is 0 Å². The average molecular weight is 590 g/mol. The van der Waals surface area contributed by atoms with E-state index >= 15 is 0 Å². The van der Waals surface area contributed by atoms with E-state index in [9.17, 15) is 4.79 Å². The summed E-state index contributed by atoms with van der Waals surface area (Å²) in [5.41, 5.74) is 3.04. The molecule has 0 bridgehead atoms. The number of rotatable bonds is 20. The smallest absolute Gasteiger partial charge is 0.224 e. The number of amides is 1. The van der Waals surface area contributed by atoms with Crippen LogP contribution in [0.4, 0.5) is 17.2 Å². The summed E-state index contributed by atoms with van der Waals surface area (Å²) < 4.78 is 0. The molecule has 0 aliphatic rings. The van der Waals surface area contributed by atoms with Gasteiger partial charge in [0.2, 0.25) is 5.91 Å². The first-order valence-electron chi connectivity index (χ1n) is 16.0. The fraction of sp³-hybridized carbons (Fsp3) is 0.514. The number of hydrogen-bond donors (Lipinski definition) is 2. The van der Waals surface area contributed by atoms with Crippen molar-refractivity contribution < 1.29 is 4.79 Å².